The minimum Gasteiger partial charge on any atom is -0.458 e. The predicted molar refractivity (Wildman–Crippen MR) is 102 cm³/mol. The third-order valence-corrected chi connectivity index (χ3v) is 3.41. The van der Waals surface area contributed by atoms with Crippen LogP contribution in [0.15, 0.2) is 42.5 Å². The highest BCUT2D eigenvalue weighted by Crippen LogP contribution is 2.24. The summed E-state index contributed by atoms with van der Waals surface area (Å²) in [7, 11) is 0. The fourth-order valence-corrected chi connectivity index (χ4v) is 2.45. The quantitative estimate of drug-likeness (QED) is 0.805. The number of ether oxygens (including phenoxy) is 2. The van der Waals surface area contributed by atoms with E-state index in [4.69, 9.17) is 9.47 Å². The Kier molecular flexibility index (Phi) is 5.59. The first-order valence-corrected chi connectivity index (χ1v) is 8.66. The first kappa shape index (κ1) is 19.8. The fourth-order valence-electron chi connectivity index (χ4n) is 2.45. The molecule has 1 amide bonds. The van der Waals surface area contributed by atoms with Gasteiger partial charge in [-0.05, 0) is 63.9 Å². The van der Waals surface area contributed by atoms with E-state index in [0.717, 1.165) is 10.8 Å². The number of alkyl carbamates (subject to hydrolysis) is 1. The maximum Gasteiger partial charge on any atom is 0.408 e. The van der Waals surface area contributed by atoms with Crippen molar-refractivity contribution in [3.8, 4) is 0 Å². The Bertz CT molecular complexity index is 799. The number of fused-ring (bicyclic) bond motifs is 1. The molecule has 0 unspecified atom stereocenters. The Hall–Kier alpha value is -2.56. The van der Waals surface area contributed by atoms with E-state index < -0.39 is 29.3 Å². The average molecular weight is 357 g/mol. The Labute approximate surface area is 154 Å². The normalized spacial score (nSPS) is 13.2. The average Bonchev–Trinajstić information content (AvgIpc) is 2.48. The third-order valence-electron chi connectivity index (χ3n) is 3.41. The summed E-state index contributed by atoms with van der Waals surface area (Å²) in [5, 5.41) is 4.67. The van der Waals surface area contributed by atoms with Gasteiger partial charge in [0.2, 0.25) is 0 Å². The zero-order valence-corrected chi connectivity index (χ0v) is 16.3. The van der Waals surface area contributed by atoms with Gasteiger partial charge in [0.25, 0.3) is 0 Å². The molecule has 0 bridgehead atoms. The van der Waals surface area contributed by atoms with Crippen molar-refractivity contribution in [1.29, 1.82) is 0 Å². The molecule has 1 N–H and O–H groups in total. The van der Waals surface area contributed by atoms with Crippen molar-refractivity contribution < 1.29 is 19.1 Å². The highest BCUT2D eigenvalue weighted by atomic mass is 16.6. The zero-order valence-electron chi connectivity index (χ0n) is 16.3. The van der Waals surface area contributed by atoms with Crippen LogP contribution in [0.2, 0.25) is 0 Å². The summed E-state index contributed by atoms with van der Waals surface area (Å²) >= 11 is 0. The molecule has 0 fully saturated rings. The molecule has 0 spiro atoms. The zero-order chi connectivity index (χ0) is 19.5. The Morgan fingerprint density at radius 1 is 0.846 bits per heavy atom. The molecule has 0 aliphatic carbocycles. The Balaban J connectivity index is 2.34. The second-order valence-electron chi connectivity index (χ2n) is 8.22. The van der Waals surface area contributed by atoms with Gasteiger partial charge >= 0.3 is 12.1 Å². The van der Waals surface area contributed by atoms with Crippen LogP contribution in [0.25, 0.3) is 10.8 Å². The van der Waals surface area contributed by atoms with Crippen LogP contribution >= 0.6 is 0 Å². The van der Waals surface area contributed by atoms with Gasteiger partial charge in [-0.1, -0.05) is 36.4 Å². The molecule has 0 saturated heterocycles. The number of rotatable bonds is 3. The van der Waals surface area contributed by atoms with E-state index in [1.807, 2.05) is 42.5 Å². The molecule has 2 aromatic rings. The summed E-state index contributed by atoms with van der Waals surface area (Å²) in [6.45, 7) is 10.7. The van der Waals surface area contributed by atoms with Crippen LogP contribution in [-0.4, -0.2) is 23.3 Å². The molecule has 0 radical (unpaired) electrons. The molecular weight excluding hydrogens is 330 g/mol. The van der Waals surface area contributed by atoms with Crippen molar-refractivity contribution in [3.05, 3.63) is 48.0 Å². The minimum absolute atomic E-state index is 0.529. The standard InChI is InChI=1S/C21H27NO4/c1-20(2,3)25-18(23)17(22-19(24)26-21(4,5)6)16-12-11-14-9-7-8-10-15(14)13-16/h7-13,17H,1-6H3,(H,22,24)/t17-/m0/s1. The number of amides is 1. The molecule has 0 aromatic heterocycles. The molecule has 1 atom stereocenters. The van der Waals surface area contributed by atoms with E-state index in [0.29, 0.717) is 5.56 Å². The lowest BCUT2D eigenvalue weighted by molar-refractivity contribution is -0.157. The van der Waals surface area contributed by atoms with Crippen molar-refractivity contribution in [2.45, 2.75) is 58.8 Å². The molecule has 0 saturated carbocycles. The summed E-state index contributed by atoms with van der Waals surface area (Å²) in [6, 6.07) is 12.5. The van der Waals surface area contributed by atoms with Crippen LogP contribution in [0, 0.1) is 0 Å². The smallest absolute Gasteiger partial charge is 0.408 e. The number of hydrogen-bond donors (Lipinski definition) is 1. The molecule has 0 heterocycles. The summed E-state index contributed by atoms with van der Waals surface area (Å²) < 4.78 is 10.8. The van der Waals surface area contributed by atoms with Crippen LogP contribution in [0.3, 0.4) is 0 Å². The van der Waals surface area contributed by atoms with Crippen LogP contribution in [-0.2, 0) is 14.3 Å². The number of carbonyl (C=O) groups is 2. The van der Waals surface area contributed by atoms with E-state index in [1.165, 1.54) is 0 Å². The number of nitrogens with one attached hydrogen (secondary N) is 1. The summed E-state index contributed by atoms with van der Waals surface area (Å²) in [6.07, 6.45) is -0.665. The van der Waals surface area contributed by atoms with Crippen molar-refractivity contribution in [1.82, 2.24) is 5.32 Å². The van der Waals surface area contributed by atoms with Gasteiger partial charge in [0.05, 0.1) is 0 Å². The monoisotopic (exact) mass is 357 g/mol. The van der Waals surface area contributed by atoms with E-state index in [1.54, 1.807) is 41.5 Å². The van der Waals surface area contributed by atoms with Crippen molar-refractivity contribution in [2.75, 3.05) is 0 Å². The van der Waals surface area contributed by atoms with Gasteiger partial charge in [-0.3, -0.25) is 0 Å². The molecule has 2 rings (SSSR count). The fraction of sp³-hybridized carbons (Fsp3) is 0.429. The van der Waals surface area contributed by atoms with Gasteiger partial charge in [-0.25, -0.2) is 9.59 Å². The predicted octanol–water partition coefficient (Wildman–Crippen LogP) is 4.75. The molecule has 5 heteroatoms. The van der Waals surface area contributed by atoms with Gasteiger partial charge in [-0.15, -0.1) is 0 Å². The molecule has 0 aliphatic rings. The number of benzene rings is 2. The SMILES string of the molecule is CC(C)(C)OC(=O)N[C@H](C(=O)OC(C)(C)C)c1ccc2ccccc2c1. The largest absolute Gasteiger partial charge is 0.458 e. The van der Waals surface area contributed by atoms with E-state index in [9.17, 15) is 9.59 Å². The highest BCUT2D eigenvalue weighted by molar-refractivity contribution is 5.87. The molecule has 5 nitrogen and oxygen atoms in total. The van der Waals surface area contributed by atoms with Gasteiger partial charge in [0.15, 0.2) is 6.04 Å². The van der Waals surface area contributed by atoms with E-state index >= 15 is 0 Å². The van der Waals surface area contributed by atoms with Crippen molar-refractivity contribution in [2.24, 2.45) is 0 Å². The van der Waals surface area contributed by atoms with Gasteiger partial charge in [0, 0.05) is 0 Å². The van der Waals surface area contributed by atoms with Gasteiger partial charge in [-0.2, -0.15) is 0 Å². The number of carbonyl (C=O) groups excluding carboxylic acids is 2. The third kappa shape index (κ3) is 5.76. The first-order chi connectivity index (χ1) is 11.9. The van der Waals surface area contributed by atoms with Crippen LogP contribution in [0.5, 0.6) is 0 Å². The van der Waals surface area contributed by atoms with Gasteiger partial charge < -0.3 is 14.8 Å². The molecule has 140 valence electrons. The highest BCUT2D eigenvalue weighted by Gasteiger charge is 2.30. The lowest BCUT2D eigenvalue weighted by Crippen LogP contribution is -2.40. The van der Waals surface area contributed by atoms with E-state index in [2.05, 4.69) is 5.32 Å². The van der Waals surface area contributed by atoms with Gasteiger partial charge in [0.1, 0.15) is 11.2 Å². The Morgan fingerprint density at radius 3 is 2.00 bits per heavy atom. The minimum atomic E-state index is -0.950. The lowest BCUT2D eigenvalue weighted by atomic mass is 10.0. The molecule has 2 aromatic carbocycles. The second kappa shape index (κ2) is 7.36. The molecular formula is C21H27NO4. The maximum absolute atomic E-state index is 12.7. The second-order valence-corrected chi connectivity index (χ2v) is 8.22. The lowest BCUT2D eigenvalue weighted by Gasteiger charge is -2.26. The van der Waals surface area contributed by atoms with Crippen LogP contribution in [0.4, 0.5) is 4.79 Å². The summed E-state index contributed by atoms with van der Waals surface area (Å²) in [4.78, 5) is 24.9. The van der Waals surface area contributed by atoms with Crippen molar-refractivity contribution >= 4 is 22.8 Å². The van der Waals surface area contributed by atoms with E-state index in [-0.39, 0.29) is 0 Å². The number of hydrogen-bond acceptors (Lipinski definition) is 4. The topological polar surface area (TPSA) is 64.6 Å². The first-order valence-electron chi connectivity index (χ1n) is 8.66. The van der Waals surface area contributed by atoms with Crippen LogP contribution < -0.4 is 5.32 Å². The van der Waals surface area contributed by atoms with Crippen LogP contribution in [0.1, 0.15) is 53.1 Å². The van der Waals surface area contributed by atoms with Crippen molar-refractivity contribution in [3.63, 3.8) is 0 Å². The number of esters is 1. The molecule has 26 heavy (non-hydrogen) atoms. The Morgan fingerprint density at radius 2 is 1.42 bits per heavy atom. The summed E-state index contributed by atoms with van der Waals surface area (Å²) in [5.41, 5.74) is -0.683. The summed E-state index contributed by atoms with van der Waals surface area (Å²) in [5.74, 6) is -0.529. The maximum atomic E-state index is 12.7. The molecule has 0 aliphatic heterocycles.